The Labute approximate surface area is 98.5 Å². The maximum atomic E-state index is 5.73. The molecule has 0 aliphatic heterocycles. The number of unbranched alkanes of at least 4 members (excludes halogenated alkanes) is 1. The second-order valence-corrected chi connectivity index (χ2v) is 3.86. The highest BCUT2D eigenvalue weighted by atomic mass is 16.3. The summed E-state index contributed by atoms with van der Waals surface area (Å²) in [6, 6.07) is 8.49. The minimum absolute atomic E-state index is 1.02. The Morgan fingerprint density at radius 2 is 1.88 bits per heavy atom. The van der Waals surface area contributed by atoms with Crippen molar-refractivity contribution in [2.45, 2.75) is 47.0 Å². The first-order chi connectivity index (χ1) is 7.79. The van der Waals surface area contributed by atoms with Crippen LogP contribution < -0.4 is 0 Å². The highest BCUT2D eigenvalue weighted by molar-refractivity contribution is 5.78. The molecule has 0 aliphatic rings. The van der Waals surface area contributed by atoms with Gasteiger partial charge in [-0.05, 0) is 31.5 Å². The van der Waals surface area contributed by atoms with Crippen LogP contribution >= 0.6 is 0 Å². The quantitative estimate of drug-likeness (QED) is 0.697. The average molecular weight is 218 g/mol. The third-order valence-corrected chi connectivity index (χ3v) is 2.50. The fourth-order valence-corrected chi connectivity index (χ4v) is 1.69. The normalized spacial score (nSPS) is 10.0. The molecule has 0 fully saturated rings. The standard InChI is InChI=1S/C13H16O.C2H6/c1-3-4-5-12-9-11-8-10(2)6-7-13(11)14-12;1-2/h6-9H,3-5H2,1-2H3;1-2H3. The molecule has 16 heavy (non-hydrogen) atoms. The van der Waals surface area contributed by atoms with Crippen LogP contribution in [-0.4, -0.2) is 0 Å². The molecule has 1 aromatic carbocycles. The van der Waals surface area contributed by atoms with Gasteiger partial charge in [0.2, 0.25) is 0 Å². The summed E-state index contributed by atoms with van der Waals surface area (Å²) in [6.45, 7) is 8.31. The number of benzene rings is 1. The van der Waals surface area contributed by atoms with E-state index < -0.39 is 0 Å². The molecule has 0 atom stereocenters. The van der Waals surface area contributed by atoms with Gasteiger partial charge >= 0.3 is 0 Å². The van der Waals surface area contributed by atoms with Crippen LogP contribution in [0.25, 0.3) is 11.0 Å². The van der Waals surface area contributed by atoms with E-state index >= 15 is 0 Å². The zero-order valence-electron chi connectivity index (χ0n) is 10.8. The molecule has 1 aromatic heterocycles. The molecule has 0 spiro atoms. The van der Waals surface area contributed by atoms with Crippen LogP contribution in [0.3, 0.4) is 0 Å². The molecule has 2 aromatic rings. The summed E-state index contributed by atoms with van der Waals surface area (Å²) in [5.41, 5.74) is 2.31. The molecule has 0 aliphatic carbocycles. The van der Waals surface area contributed by atoms with Crippen LogP contribution in [0.15, 0.2) is 28.7 Å². The highest BCUT2D eigenvalue weighted by Crippen LogP contribution is 2.21. The van der Waals surface area contributed by atoms with Gasteiger partial charge < -0.3 is 4.42 Å². The van der Waals surface area contributed by atoms with Gasteiger partial charge in [0.05, 0.1) is 0 Å². The smallest absolute Gasteiger partial charge is 0.134 e. The van der Waals surface area contributed by atoms with Crippen LogP contribution in [0.1, 0.15) is 44.9 Å². The van der Waals surface area contributed by atoms with E-state index in [4.69, 9.17) is 4.42 Å². The molecule has 1 heteroatoms. The van der Waals surface area contributed by atoms with E-state index in [1.165, 1.54) is 23.8 Å². The van der Waals surface area contributed by atoms with Crippen LogP contribution in [-0.2, 0) is 6.42 Å². The Bertz CT molecular complexity index is 426. The number of fused-ring (bicyclic) bond motifs is 1. The molecule has 0 unspecified atom stereocenters. The number of hydrogen-bond acceptors (Lipinski definition) is 1. The van der Waals surface area contributed by atoms with Crippen LogP contribution in [0.2, 0.25) is 0 Å². The summed E-state index contributed by atoms with van der Waals surface area (Å²) in [5, 5.41) is 1.23. The topological polar surface area (TPSA) is 13.1 Å². The predicted molar refractivity (Wildman–Crippen MR) is 70.9 cm³/mol. The van der Waals surface area contributed by atoms with Crippen molar-refractivity contribution >= 4 is 11.0 Å². The van der Waals surface area contributed by atoms with Crippen molar-refractivity contribution in [3.63, 3.8) is 0 Å². The molecular weight excluding hydrogens is 196 g/mol. The van der Waals surface area contributed by atoms with Crippen molar-refractivity contribution in [3.8, 4) is 0 Å². The summed E-state index contributed by atoms with van der Waals surface area (Å²) < 4.78 is 5.73. The number of furan rings is 1. The predicted octanol–water partition coefficient (Wildman–Crippen LogP) is 5.11. The van der Waals surface area contributed by atoms with E-state index in [0.717, 1.165) is 17.8 Å². The molecule has 2 rings (SSSR count). The van der Waals surface area contributed by atoms with Crippen molar-refractivity contribution in [3.05, 3.63) is 35.6 Å². The summed E-state index contributed by atoms with van der Waals surface area (Å²) >= 11 is 0. The molecule has 88 valence electrons. The van der Waals surface area contributed by atoms with Gasteiger partial charge in [-0.15, -0.1) is 0 Å². The Kier molecular flexibility index (Phi) is 5.10. The molecule has 1 nitrogen and oxygen atoms in total. The largest absolute Gasteiger partial charge is 0.461 e. The lowest BCUT2D eigenvalue weighted by molar-refractivity contribution is 0.536. The van der Waals surface area contributed by atoms with Crippen molar-refractivity contribution in [2.24, 2.45) is 0 Å². The van der Waals surface area contributed by atoms with Crippen molar-refractivity contribution in [1.82, 2.24) is 0 Å². The van der Waals surface area contributed by atoms with E-state index in [0.29, 0.717) is 0 Å². The third kappa shape index (κ3) is 3.13. The van der Waals surface area contributed by atoms with Gasteiger partial charge in [0.15, 0.2) is 0 Å². The fourth-order valence-electron chi connectivity index (χ4n) is 1.69. The Morgan fingerprint density at radius 1 is 1.12 bits per heavy atom. The number of hydrogen-bond donors (Lipinski definition) is 0. The zero-order chi connectivity index (χ0) is 12.0. The minimum Gasteiger partial charge on any atom is -0.461 e. The summed E-state index contributed by atoms with van der Waals surface area (Å²) in [7, 11) is 0. The van der Waals surface area contributed by atoms with Gasteiger partial charge in [0, 0.05) is 11.8 Å². The second-order valence-electron chi connectivity index (χ2n) is 3.86. The van der Waals surface area contributed by atoms with E-state index in [2.05, 4.69) is 38.1 Å². The molecular formula is C15H22O. The highest BCUT2D eigenvalue weighted by Gasteiger charge is 2.02. The Morgan fingerprint density at radius 3 is 2.56 bits per heavy atom. The van der Waals surface area contributed by atoms with Crippen LogP contribution in [0.4, 0.5) is 0 Å². The maximum absolute atomic E-state index is 5.73. The lowest BCUT2D eigenvalue weighted by atomic mass is 10.1. The van der Waals surface area contributed by atoms with Gasteiger partial charge in [-0.1, -0.05) is 38.8 Å². The first kappa shape index (κ1) is 12.8. The van der Waals surface area contributed by atoms with Gasteiger partial charge in [0.1, 0.15) is 11.3 Å². The lowest BCUT2D eigenvalue weighted by Gasteiger charge is -1.91. The third-order valence-electron chi connectivity index (χ3n) is 2.50. The van der Waals surface area contributed by atoms with Gasteiger partial charge in [-0.3, -0.25) is 0 Å². The van der Waals surface area contributed by atoms with Crippen molar-refractivity contribution in [2.75, 3.05) is 0 Å². The van der Waals surface area contributed by atoms with Crippen LogP contribution in [0.5, 0.6) is 0 Å². The SMILES string of the molecule is CC.CCCCc1cc2cc(C)ccc2o1. The van der Waals surface area contributed by atoms with E-state index in [9.17, 15) is 0 Å². The van der Waals surface area contributed by atoms with Gasteiger partial charge in [-0.25, -0.2) is 0 Å². The van der Waals surface area contributed by atoms with E-state index in [1.54, 1.807) is 0 Å². The van der Waals surface area contributed by atoms with Gasteiger partial charge in [0.25, 0.3) is 0 Å². The molecule has 0 radical (unpaired) electrons. The van der Waals surface area contributed by atoms with E-state index in [-0.39, 0.29) is 0 Å². The zero-order valence-corrected chi connectivity index (χ0v) is 10.8. The summed E-state index contributed by atoms with van der Waals surface area (Å²) in [5.74, 6) is 1.12. The summed E-state index contributed by atoms with van der Waals surface area (Å²) in [4.78, 5) is 0. The monoisotopic (exact) mass is 218 g/mol. The molecule has 0 saturated heterocycles. The molecule has 0 saturated carbocycles. The molecule has 0 bridgehead atoms. The summed E-state index contributed by atoms with van der Waals surface area (Å²) in [6.07, 6.45) is 3.49. The lowest BCUT2D eigenvalue weighted by Crippen LogP contribution is -1.78. The number of rotatable bonds is 3. The Balaban J connectivity index is 0.000000606. The van der Waals surface area contributed by atoms with Gasteiger partial charge in [-0.2, -0.15) is 0 Å². The number of aryl methyl sites for hydroxylation is 2. The van der Waals surface area contributed by atoms with Crippen LogP contribution in [0, 0.1) is 6.92 Å². The average Bonchev–Trinajstić information content (AvgIpc) is 2.71. The first-order valence-corrected chi connectivity index (χ1v) is 6.28. The molecule has 0 N–H and O–H groups in total. The second kappa shape index (κ2) is 6.37. The van der Waals surface area contributed by atoms with Crippen molar-refractivity contribution in [1.29, 1.82) is 0 Å². The maximum Gasteiger partial charge on any atom is 0.134 e. The fraction of sp³-hybridized carbons (Fsp3) is 0.467. The molecule has 1 heterocycles. The molecule has 0 amide bonds. The van der Waals surface area contributed by atoms with Crippen molar-refractivity contribution < 1.29 is 4.42 Å². The Hall–Kier alpha value is -1.24. The van der Waals surface area contributed by atoms with E-state index in [1.807, 2.05) is 13.8 Å². The first-order valence-electron chi connectivity index (χ1n) is 6.28. The minimum atomic E-state index is 1.02.